The first-order valence-electron chi connectivity index (χ1n) is 4.86. The summed E-state index contributed by atoms with van der Waals surface area (Å²) in [4.78, 5) is 15.4. The van der Waals surface area contributed by atoms with Crippen LogP contribution >= 0.6 is 0 Å². The highest BCUT2D eigenvalue weighted by atomic mass is 16.7. The van der Waals surface area contributed by atoms with Gasteiger partial charge in [-0.1, -0.05) is 40.5 Å². The lowest BCUT2D eigenvalue weighted by molar-refractivity contribution is -0.152. The van der Waals surface area contributed by atoms with Crippen molar-refractivity contribution in [2.45, 2.75) is 47.0 Å². The zero-order chi connectivity index (χ0) is 10.5. The van der Waals surface area contributed by atoms with Gasteiger partial charge >= 0.3 is 5.97 Å². The van der Waals surface area contributed by atoms with Crippen LogP contribution in [-0.4, -0.2) is 5.97 Å². The normalized spacial score (nSPS) is 13.9. The number of nitrogens with two attached hydrogens (primary N) is 1. The minimum atomic E-state index is -0.318. The van der Waals surface area contributed by atoms with Crippen LogP contribution in [0.15, 0.2) is 0 Å². The highest BCUT2D eigenvalue weighted by Crippen LogP contribution is 2.32. The second kappa shape index (κ2) is 5.22. The molecule has 0 aliphatic rings. The molecule has 78 valence electrons. The molecule has 0 aliphatic carbocycles. The Morgan fingerprint density at radius 2 is 2.08 bits per heavy atom. The molecule has 0 rings (SSSR count). The summed E-state index contributed by atoms with van der Waals surface area (Å²) in [6, 6.07) is 0. The fourth-order valence-electron chi connectivity index (χ4n) is 1.27. The summed E-state index contributed by atoms with van der Waals surface area (Å²) in [6.07, 6.45) is 3.31. The lowest BCUT2D eigenvalue weighted by Gasteiger charge is -2.29. The summed E-state index contributed by atoms with van der Waals surface area (Å²) in [5.41, 5.74) is -0.0214. The minimum absolute atomic E-state index is 0.0214. The van der Waals surface area contributed by atoms with E-state index in [9.17, 15) is 4.79 Å². The average Bonchev–Trinajstić information content (AvgIpc) is 2.12. The van der Waals surface area contributed by atoms with Crippen molar-refractivity contribution in [2.75, 3.05) is 0 Å². The van der Waals surface area contributed by atoms with Gasteiger partial charge in [0.05, 0.1) is 5.92 Å². The van der Waals surface area contributed by atoms with Crippen molar-refractivity contribution in [3.8, 4) is 0 Å². The SMILES string of the molecule is CCCCC(C)(C)C(C)C(=O)ON. The molecule has 0 amide bonds. The van der Waals surface area contributed by atoms with Crippen molar-refractivity contribution < 1.29 is 9.63 Å². The molecule has 1 atom stereocenters. The first kappa shape index (κ1) is 12.4. The first-order valence-corrected chi connectivity index (χ1v) is 4.86. The topological polar surface area (TPSA) is 52.3 Å². The number of hydrogen-bond donors (Lipinski definition) is 1. The van der Waals surface area contributed by atoms with E-state index in [-0.39, 0.29) is 17.3 Å². The van der Waals surface area contributed by atoms with Gasteiger partial charge in [0.15, 0.2) is 0 Å². The van der Waals surface area contributed by atoms with Crippen molar-refractivity contribution >= 4 is 5.97 Å². The molecule has 0 aromatic carbocycles. The van der Waals surface area contributed by atoms with Gasteiger partial charge in [-0.25, -0.2) is 0 Å². The minimum Gasteiger partial charge on any atom is -0.373 e. The molecule has 0 spiro atoms. The molecule has 0 saturated carbocycles. The fourth-order valence-corrected chi connectivity index (χ4v) is 1.27. The van der Waals surface area contributed by atoms with Crippen molar-refractivity contribution in [3.63, 3.8) is 0 Å². The van der Waals surface area contributed by atoms with Crippen LogP contribution in [0.25, 0.3) is 0 Å². The number of hydrogen-bond acceptors (Lipinski definition) is 3. The van der Waals surface area contributed by atoms with E-state index in [4.69, 9.17) is 5.90 Å². The first-order chi connectivity index (χ1) is 5.95. The summed E-state index contributed by atoms with van der Waals surface area (Å²) in [7, 11) is 0. The summed E-state index contributed by atoms with van der Waals surface area (Å²) in [5, 5.41) is 0. The van der Waals surface area contributed by atoms with Gasteiger partial charge in [-0.05, 0) is 11.8 Å². The average molecular weight is 187 g/mol. The van der Waals surface area contributed by atoms with Gasteiger partial charge in [0.1, 0.15) is 0 Å². The Morgan fingerprint density at radius 1 is 1.54 bits per heavy atom. The third kappa shape index (κ3) is 3.77. The quantitative estimate of drug-likeness (QED) is 0.672. The molecular weight excluding hydrogens is 166 g/mol. The molecule has 0 heterocycles. The third-order valence-corrected chi connectivity index (χ3v) is 2.82. The Labute approximate surface area is 80.6 Å². The zero-order valence-corrected chi connectivity index (χ0v) is 9.09. The molecular formula is C10H21NO2. The molecule has 2 N–H and O–H groups in total. The number of rotatable bonds is 5. The van der Waals surface area contributed by atoms with E-state index in [1.54, 1.807) is 0 Å². The second-order valence-corrected chi connectivity index (χ2v) is 4.25. The van der Waals surface area contributed by atoms with Gasteiger partial charge in [0, 0.05) is 0 Å². The molecule has 0 aliphatic heterocycles. The molecule has 1 unspecified atom stereocenters. The van der Waals surface area contributed by atoms with E-state index in [1.165, 1.54) is 0 Å². The van der Waals surface area contributed by atoms with Crippen LogP contribution < -0.4 is 5.90 Å². The smallest absolute Gasteiger partial charge is 0.327 e. The van der Waals surface area contributed by atoms with Gasteiger partial charge < -0.3 is 4.84 Å². The summed E-state index contributed by atoms with van der Waals surface area (Å²) in [5.74, 6) is 4.40. The second-order valence-electron chi connectivity index (χ2n) is 4.25. The van der Waals surface area contributed by atoms with Crippen molar-refractivity contribution in [1.82, 2.24) is 0 Å². The molecule has 3 heteroatoms. The third-order valence-electron chi connectivity index (χ3n) is 2.82. The van der Waals surface area contributed by atoms with E-state index < -0.39 is 0 Å². The largest absolute Gasteiger partial charge is 0.373 e. The highest BCUT2D eigenvalue weighted by molar-refractivity contribution is 5.72. The predicted octanol–water partition coefficient (Wildman–Crippen LogP) is 2.26. The van der Waals surface area contributed by atoms with Crippen LogP contribution in [0.3, 0.4) is 0 Å². The Balaban J connectivity index is 4.17. The molecule has 3 nitrogen and oxygen atoms in total. The molecule has 0 radical (unpaired) electrons. The lowest BCUT2D eigenvalue weighted by Crippen LogP contribution is -2.31. The van der Waals surface area contributed by atoms with Gasteiger partial charge in [-0.3, -0.25) is 4.79 Å². The van der Waals surface area contributed by atoms with Crippen molar-refractivity contribution in [3.05, 3.63) is 0 Å². The maximum Gasteiger partial charge on any atom is 0.327 e. The predicted molar refractivity (Wildman–Crippen MR) is 52.7 cm³/mol. The van der Waals surface area contributed by atoms with Gasteiger partial charge in [0.25, 0.3) is 0 Å². The maximum atomic E-state index is 11.2. The maximum absolute atomic E-state index is 11.2. The Morgan fingerprint density at radius 3 is 2.46 bits per heavy atom. The monoisotopic (exact) mass is 187 g/mol. The summed E-state index contributed by atoms with van der Waals surface area (Å²) < 4.78 is 0. The standard InChI is InChI=1S/C10H21NO2/c1-5-6-7-10(3,4)8(2)9(12)13-11/h8H,5-7,11H2,1-4H3. The molecule has 0 aromatic rings. The van der Waals surface area contributed by atoms with Crippen LogP contribution in [0.4, 0.5) is 0 Å². The van der Waals surface area contributed by atoms with Crippen molar-refractivity contribution in [1.29, 1.82) is 0 Å². The Kier molecular flexibility index (Phi) is 4.99. The van der Waals surface area contributed by atoms with Crippen LogP contribution in [0.1, 0.15) is 47.0 Å². The number of unbranched alkanes of at least 4 members (excludes halogenated alkanes) is 1. The lowest BCUT2D eigenvalue weighted by atomic mass is 9.76. The van der Waals surface area contributed by atoms with Crippen LogP contribution in [0.5, 0.6) is 0 Å². The van der Waals surface area contributed by atoms with Gasteiger partial charge in [-0.2, -0.15) is 5.90 Å². The fraction of sp³-hybridized carbons (Fsp3) is 0.900. The van der Waals surface area contributed by atoms with E-state index in [0.717, 1.165) is 19.3 Å². The summed E-state index contributed by atoms with van der Waals surface area (Å²) in [6.45, 7) is 8.15. The van der Waals surface area contributed by atoms with Crippen LogP contribution in [0, 0.1) is 11.3 Å². The number of carbonyl (C=O) groups excluding carboxylic acids is 1. The van der Waals surface area contributed by atoms with E-state index in [2.05, 4.69) is 25.6 Å². The van der Waals surface area contributed by atoms with Gasteiger partial charge in [-0.15, -0.1) is 0 Å². The zero-order valence-electron chi connectivity index (χ0n) is 9.09. The molecule has 0 saturated heterocycles. The Hall–Kier alpha value is -0.570. The van der Waals surface area contributed by atoms with Crippen LogP contribution in [0.2, 0.25) is 0 Å². The van der Waals surface area contributed by atoms with E-state index >= 15 is 0 Å². The molecule has 0 aromatic heterocycles. The Bertz CT molecular complexity index is 166. The van der Waals surface area contributed by atoms with Crippen molar-refractivity contribution in [2.24, 2.45) is 17.2 Å². The van der Waals surface area contributed by atoms with E-state index in [1.807, 2.05) is 6.92 Å². The summed E-state index contributed by atoms with van der Waals surface area (Å²) >= 11 is 0. The number of carbonyl (C=O) groups is 1. The molecule has 13 heavy (non-hydrogen) atoms. The van der Waals surface area contributed by atoms with Crippen LogP contribution in [-0.2, 0) is 9.63 Å². The van der Waals surface area contributed by atoms with Gasteiger partial charge in [0.2, 0.25) is 0 Å². The highest BCUT2D eigenvalue weighted by Gasteiger charge is 2.31. The molecule has 0 bridgehead atoms. The molecule has 0 fully saturated rings. The van der Waals surface area contributed by atoms with E-state index in [0.29, 0.717) is 0 Å².